The number of benzene rings is 2. The molecule has 0 aliphatic carbocycles. The van der Waals surface area contributed by atoms with Gasteiger partial charge in [-0.15, -0.1) is 0 Å². The minimum Gasteiger partial charge on any atom is -0.207 e. The quantitative estimate of drug-likeness (QED) is 0.703. The zero-order chi connectivity index (χ0) is 13.1. The molecule has 94 valence electrons. The van der Waals surface area contributed by atoms with Crippen molar-refractivity contribution in [1.82, 2.24) is 0 Å². The minimum absolute atomic E-state index is 0.0260. The van der Waals surface area contributed by atoms with Crippen LogP contribution >= 0.6 is 15.9 Å². The molecule has 2 aromatic rings. The van der Waals surface area contributed by atoms with Crippen LogP contribution in [0.1, 0.15) is 21.5 Å². The van der Waals surface area contributed by atoms with Crippen molar-refractivity contribution >= 4 is 15.9 Å². The molecule has 0 aliphatic rings. The summed E-state index contributed by atoms with van der Waals surface area (Å²) in [6, 6.07) is 11.6. The zero-order valence-corrected chi connectivity index (χ0v) is 11.5. The third-order valence-corrected chi connectivity index (χ3v) is 3.74. The molecule has 3 heteroatoms. The van der Waals surface area contributed by atoms with Crippen molar-refractivity contribution in [2.75, 3.05) is 0 Å². The maximum atomic E-state index is 13.5. The van der Waals surface area contributed by atoms with Gasteiger partial charge in [0.2, 0.25) is 0 Å². The molecule has 0 N–H and O–H groups in total. The fraction of sp³-hybridized carbons (Fsp3) is 0.200. The van der Waals surface area contributed by atoms with Crippen LogP contribution in [0.25, 0.3) is 0 Å². The Morgan fingerprint density at radius 3 is 2.33 bits per heavy atom. The molecule has 0 bridgehead atoms. The van der Waals surface area contributed by atoms with Crippen LogP contribution in [-0.2, 0) is 6.42 Å². The highest BCUT2D eigenvalue weighted by Gasteiger charge is 2.10. The zero-order valence-electron chi connectivity index (χ0n) is 9.96. The van der Waals surface area contributed by atoms with Crippen LogP contribution in [0, 0.1) is 18.6 Å². The van der Waals surface area contributed by atoms with Gasteiger partial charge in [0, 0.05) is 4.83 Å². The number of aryl methyl sites for hydroxylation is 1. The maximum Gasteiger partial charge on any atom is 0.126 e. The Hall–Kier alpha value is -1.22. The van der Waals surface area contributed by atoms with Gasteiger partial charge in [-0.05, 0) is 48.2 Å². The van der Waals surface area contributed by atoms with Crippen LogP contribution in [0.5, 0.6) is 0 Å². The molecular formula is C15H13BrF2. The number of hydrogen-bond acceptors (Lipinski definition) is 0. The second-order valence-corrected chi connectivity index (χ2v) is 5.41. The van der Waals surface area contributed by atoms with E-state index in [1.807, 2.05) is 6.07 Å². The second-order valence-electron chi connectivity index (χ2n) is 4.31. The van der Waals surface area contributed by atoms with Crippen molar-refractivity contribution in [2.24, 2.45) is 0 Å². The lowest BCUT2D eigenvalue weighted by atomic mass is 10.0. The van der Waals surface area contributed by atoms with Gasteiger partial charge in [-0.3, -0.25) is 0 Å². The van der Waals surface area contributed by atoms with Crippen molar-refractivity contribution in [3.8, 4) is 0 Å². The first-order valence-electron chi connectivity index (χ1n) is 5.71. The van der Waals surface area contributed by atoms with E-state index < -0.39 is 0 Å². The van der Waals surface area contributed by atoms with E-state index in [0.717, 1.165) is 11.1 Å². The first-order valence-corrected chi connectivity index (χ1v) is 6.62. The van der Waals surface area contributed by atoms with E-state index in [2.05, 4.69) is 15.9 Å². The van der Waals surface area contributed by atoms with Gasteiger partial charge in [0.15, 0.2) is 0 Å². The summed E-state index contributed by atoms with van der Waals surface area (Å²) in [4.78, 5) is 0.0260. The molecule has 0 saturated carbocycles. The minimum atomic E-state index is -0.244. The molecule has 0 fully saturated rings. The summed E-state index contributed by atoms with van der Waals surface area (Å²) in [7, 11) is 0. The summed E-state index contributed by atoms with van der Waals surface area (Å²) >= 11 is 3.54. The van der Waals surface area contributed by atoms with Gasteiger partial charge in [-0.25, -0.2) is 8.78 Å². The highest BCUT2D eigenvalue weighted by Crippen LogP contribution is 2.28. The molecule has 0 amide bonds. The Morgan fingerprint density at radius 1 is 1.06 bits per heavy atom. The summed E-state index contributed by atoms with van der Waals surface area (Å²) < 4.78 is 26.2. The Labute approximate surface area is 114 Å². The molecule has 0 spiro atoms. The van der Waals surface area contributed by atoms with Gasteiger partial charge >= 0.3 is 0 Å². The van der Waals surface area contributed by atoms with Gasteiger partial charge in [0.05, 0.1) is 0 Å². The molecule has 0 heterocycles. The summed E-state index contributed by atoms with van der Waals surface area (Å²) in [5.41, 5.74) is 2.54. The van der Waals surface area contributed by atoms with Gasteiger partial charge < -0.3 is 0 Å². The van der Waals surface area contributed by atoms with E-state index in [1.165, 1.54) is 18.2 Å². The molecule has 2 aromatic carbocycles. The molecule has 1 unspecified atom stereocenters. The van der Waals surface area contributed by atoms with Crippen LogP contribution in [-0.4, -0.2) is 0 Å². The highest BCUT2D eigenvalue weighted by atomic mass is 79.9. The van der Waals surface area contributed by atoms with Gasteiger partial charge in [0.25, 0.3) is 0 Å². The fourth-order valence-electron chi connectivity index (χ4n) is 1.75. The van der Waals surface area contributed by atoms with Crippen molar-refractivity contribution in [3.63, 3.8) is 0 Å². The van der Waals surface area contributed by atoms with Crippen molar-refractivity contribution in [1.29, 1.82) is 0 Å². The first kappa shape index (κ1) is 13.2. The summed E-state index contributed by atoms with van der Waals surface area (Å²) in [6.45, 7) is 1.74. The normalized spacial score (nSPS) is 12.4. The maximum absolute atomic E-state index is 13.5. The van der Waals surface area contributed by atoms with Crippen LogP contribution in [0.2, 0.25) is 0 Å². The van der Waals surface area contributed by atoms with Gasteiger partial charge in [-0.2, -0.15) is 0 Å². The Bertz CT molecular complexity index is 535. The standard InChI is InChI=1S/C15H13BrF2/c1-10-2-5-12(9-15(10)18)14(16)8-11-3-6-13(17)7-4-11/h2-7,9,14H,8H2,1H3. The molecule has 18 heavy (non-hydrogen) atoms. The van der Waals surface area contributed by atoms with Gasteiger partial charge in [0.1, 0.15) is 11.6 Å². The van der Waals surface area contributed by atoms with Gasteiger partial charge in [-0.1, -0.05) is 40.2 Å². The average molecular weight is 311 g/mol. The number of hydrogen-bond donors (Lipinski definition) is 0. The van der Waals surface area contributed by atoms with E-state index in [4.69, 9.17) is 0 Å². The van der Waals surface area contributed by atoms with E-state index in [1.54, 1.807) is 25.1 Å². The smallest absolute Gasteiger partial charge is 0.126 e. The second kappa shape index (κ2) is 5.61. The number of halogens is 3. The molecule has 0 saturated heterocycles. The third-order valence-electron chi connectivity index (χ3n) is 2.89. The molecule has 0 nitrogen and oxygen atoms in total. The molecule has 0 aromatic heterocycles. The lowest BCUT2D eigenvalue weighted by Crippen LogP contribution is -1.97. The van der Waals surface area contributed by atoms with Crippen LogP contribution in [0.15, 0.2) is 42.5 Å². The summed E-state index contributed by atoms with van der Waals surface area (Å²) in [5, 5.41) is 0. The van der Waals surface area contributed by atoms with Crippen LogP contribution < -0.4 is 0 Å². The highest BCUT2D eigenvalue weighted by molar-refractivity contribution is 9.09. The Kier molecular flexibility index (Phi) is 4.12. The van der Waals surface area contributed by atoms with Crippen molar-refractivity contribution < 1.29 is 8.78 Å². The lowest BCUT2D eigenvalue weighted by Gasteiger charge is -2.11. The van der Waals surface area contributed by atoms with Crippen LogP contribution in [0.4, 0.5) is 8.78 Å². The van der Waals surface area contributed by atoms with E-state index in [9.17, 15) is 8.78 Å². The van der Waals surface area contributed by atoms with E-state index in [0.29, 0.717) is 12.0 Å². The summed E-state index contributed by atoms with van der Waals surface area (Å²) in [5.74, 6) is -0.442. The lowest BCUT2D eigenvalue weighted by molar-refractivity contribution is 0.615. The Morgan fingerprint density at radius 2 is 1.72 bits per heavy atom. The largest absolute Gasteiger partial charge is 0.207 e. The van der Waals surface area contributed by atoms with Crippen molar-refractivity contribution in [2.45, 2.75) is 18.2 Å². The predicted molar refractivity (Wildman–Crippen MR) is 72.9 cm³/mol. The molecule has 2 rings (SSSR count). The van der Waals surface area contributed by atoms with E-state index in [-0.39, 0.29) is 16.5 Å². The SMILES string of the molecule is Cc1ccc(C(Br)Cc2ccc(F)cc2)cc1F. The number of alkyl halides is 1. The Balaban J connectivity index is 2.13. The average Bonchev–Trinajstić information content (AvgIpc) is 2.35. The predicted octanol–water partition coefficient (Wildman–Crippen LogP) is 4.95. The topological polar surface area (TPSA) is 0 Å². The van der Waals surface area contributed by atoms with E-state index >= 15 is 0 Å². The molecule has 1 atom stereocenters. The molecular weight excluding hydrogens is 298 g/mol. The summed E-state index contributed by atoms with van der Waals surface area (Å²) in [6.07, 6.45) is 0.697. The molecule has 0 aliphatic heterocycles. The third kappa shape index (κ3) is 3.16. The first-order chi connectivity index (χ1) is 8.56. The number of rotatable bonds is 3. The fourth-order valence-corrected chi connectivity index (χ4v) is 2.41. The monoisotopic (exact) mass is 310 g/mol. The molecule has 0 radical (unpaired) electrons. The van der Waals surface area contributed by atoms with Crippen LogP contribution in [0.3, 0.4) is 0 Å². The van der Waals surface area contributed by atoms with Crippen molar-refractivity contribution in [3.05, 3.63) is 70.8 Å².